The Balaban J connectivity index is 1.58. The maximum Gasteiger partial charge on any atom is 0.341 e. The molecule has 1 unspecified atom stereocenters. The molecule has 1 aliphatic rings. The van der Waals surface area contributed by atoms with Crippen molar-refractivity contribution in [2.45, 2.75) is 44.0 Å². The van der Waals surface area contributed by atoms with E-state index in [4.69, 9.17) is 4.74 Å². The first-order valence-electron chi connectivity index (χ1n) is 10.9. The number of hydrogen-bond acceptors (Lipinski definition) is 6. The third-order valence-electron chi connectivity index (χ3n) is 5.77. The van der Waals surface area contributed by atoms with Gasteiger partial charge in [0.25, 0.3) is 5.91 Å². The number of esters is 1. The summed E-state index contributed by atoms with van der Waals surface area (Å²) in [5.41, 5.74) is 0.622. The standard InChI is InChI=1S/C24H26N2O5S2/c1-3-31-24(28)21-19-9-4-5-10-20(19)32-23(21)25-22(27)17-11-13-18(14-12-17)33(29,30)26-15-7-6-8-16(26)2/h4-5,9-14,16H,3,6-8,15H2,1-2H3,(H,25,27). The molecule has 3 aromatic rings. The lowest BCUT2D eigenvalue weighted by Crippen LogP contribution is -2.41. The molecule has 0 saturated carbocycles. The Morgan fingerprint density at radius 2 is 1.85 bits per heavy atom. The van der Waals surface area contributed by atoms with Crippen molar-refractivity contribution in [3.05, 3.63) is 59.7 Å². The molecule has 1 saturated heterocycles. The molecule has 1 atom stereocenters. The molecule has 0 bridgehead atoms. The van der Waals surface area contributed by atoms with Crippen molar-refractivity contribution < 1.29 is 22.7 Å². The molecule has 9 heteroatoms. The van der Waals surface area contributed by atoms with Gasteiger partial charge in [0.2, 0.25) is 10.0 Å². The van der Waals surface area contributed by atoms with Gasteiger partial charge in [0.05, 0.1) is 11.5 Å². The second kappa shape index (κ2) is 9.62. The van der Waals surface area contributed by atoms with E-state index < -0.39 is 21.9 Å². The van der Waals surface area contributed by atoms with Gasteiger partial charge in [-0.15, -0.1) is 11.3 Å². The molecule has 1 N–H and O–H groups in total. The van der Waals surface area contributed by atoms with E-state index >= 15 is 0 Å². The summed E-state index contributed by atoms with van der Waals surface area (Å²) in [5.74, 6) is -0.926. The number of sulfonamides is 1. The van der Waals surface area contributed by atoms with Crippen LogP contribution in [0.4, 0.5) is 5.00 Å². The van der Waals surface area contributed by atoms with E-state index in [0.717, 1.165) is 24.0 Å². The number of carbonyl (C=O) groups is 2. The van der Waals surface area contributed by atoms with Gasteiger partial charge in [-0.3, -0.25) is 4.79 Å². The fourth-order valence-electron chi connectivity index (χ4n) is 4.06. The van der Waals surface area contributed by atoms with Crippen LogP contribution < -0.4 is 5.32 Å². The summed E-state index contributed by atoms with van der Waals surface area (Å²) in [7, 11) is -3.61. The minimum Gasteiger partial charge on any atom is -0.462 e. The normalized spacial score (nSPS) is 17.1. The Bertz CT molecular complexity index is 1280. The highest BCUT2D eigenvalue weighted by Crippen LogP contribution is 2.36. The largest absolute Gasteiger partial charge is 0.462 e. The molecule has 1 amide bonds. The van der Waals surface area contributed by atoms with Crippen molar-refractivity contribution in [1.82, 2.24) is 4.31 Å². The van der Waals surface area contributed by atoms with Crippen LogP contribution in [0.15, 0.2) is 53.4 Å². The number of fused-ring (bicyclic) bond motifs is 1. The molecule has 174 valence electrons. The predicted molar refractivity (Wildman–Crippen MR) is 129 cm³/mol. The molecular weight excluding hydrogens is 460 g/mol. The predicted octanol–water partition coefficient (Wildman–Crippen LogP) is 4.89. The lowest BCUT2D eigenvalue weighted by molar-refractivity contribution is 0.0530. The summed E-state index contributed by atoms with van der Waals surface area (Å²) in [6.07, 6.45) is 2.72. The Morgan fingerprint density at radius 1 is 1.12 bits per heavy atom. The fourth-order valence-corrected chi connectivity index (χ4v) is 6.84. The molecule has 2 heterocycles. The van der Waals surface area contributed by atoms with Crippen molar-refractivity contribution in [1.29, 1.82) is 0 Å². The second-order valence-electron chi connectivity index (χ2n) is 7.96. The van der Waals surface area contributed by atoms with Crippen LogP contribution in [-0.2, 0) is 14.8 Å². The highest BCUT2D eigenvalue weighted by atomic mass is 32.2. The fraction of sp³-hybridized carbons (Fsp3) is 0.333. The van der Waals surface area contributed by atoms with Gasteiger partial charge in [0, 0.05) is 28.2 Å². The average molecular weight is 487 g/mol. The molecule has 1 fully saturated rings. The van der Waals surface area contributed by atoms with Gasteiger partial charge in [-0.05, 0) is 57.0 Å². The topological polar surface area (TPSA) is 92.8 Å². The van der Waals surface area contributed by atoms with Gasteiger partial charge < -0.3 is 10.1 Å². The van der Waals surface area contributed by atoms with Crippen molar-refractivity contribution in [2.75, 3.05) is 18.5 Å². The maximum atomic E-state index is 13.0. The third kappa shape index (κ3) is 4.66. The molecule has 33 heavy (non-hydrogen) atoms. The van der Waals surface area contributed by atoms with Crippen molar-refractivity contribution in [2.24, 2.45) is 0 Å². The molecule has 7 nitrogen and oxygen atoms in total. The van der Waals surface area contributed by atoms with Crippen molar-refractivity contribution in [3.63, 3.8) is 0 Å². The van der Waals surface area contributed by atoms with E-state index in [-0.39, 0.29) is 17.5 Å². The van der Waals surface area contributed by atoms with Gasteiger partial charge in [-0.1, -0.05) is 24.6 Å². The van der Waals surface area contributed by atoms with E-state index in [2.05, 4.69) is 5.32 Å². The highest BCUT2D eigenvalue weighted by molar-refractivity contribution is 7.89. The van der Waals surface area contributed by atoms with Crippen LogP contribution in [0.3, 0.4) is 0 Å². The van der Waals surface area contributed by atoms with Crippen LogP contribution >= 0.6 is 11.3 Å². The summed E-state index contributed by atoms with van der Waals surface area (Å²) in [5, 5.41) is 3.92. The summed E-state index contributed by atoms with van der Waals surface area (Å²) in [4.78, 5) is 25.6. The number of anilines is 1. The SMILES string of the molecule is CCOC(=O)c1c(NC(=O)c2ccc(S(=O)(=O)N3CCCCC3C)cc2)sc2ccccc12. The number of nitrogens with zero attached hydrogens (tertiary/aromatic N) is 1. The van der Waals surface area contributed by atoms with Crippen molar-refractivity contribution in [3.8, 4) is 0 Å². The molecule has 0 spiro atoms. The zero-order valence-electron chi connectivity index (χ0n) is 18.5. The highest BCUT2D eigenvalue weighted by Gasteiger charge is 2.31. The molecule has 2 aromatic carbocycles. The summed E-state index contributed by atoms with van der Waals surface area (Å²) in [6.45, 7) is 4.38. The van der Waals surface area contributed by atoms with E-state index in [1.807, 2.05) is 31.2 Å². The zero-order valence-corrected chi connectivity index (χ0v) is 20.2. The Kier molecular flexibility index (Phi) is 6.83. The van der Waals surface area contributed by atoms with Gasteiger partial charge in [-0.25, -0.2) is 13.2 Å². The van der Waals surface area contributed by atoms with Crippen molar-refractivity contribution >= 4 is 48.3 Å². The Hall–Kier alpha value is -2.75. The van der Waals surface area contributed by atoms with Crippen LogP contribution in [0.1, 0.15) is 53.8 Å². The van der Waals surface area contributed by atoms with Gasteiger partial charge in [0.15, 0.2) is 0 Å². The molecule has 0 radical (unpaired) electrons. The second-order valence-corrected chi connectivity index (χ2v) is 10.9. The zero-order chi connectivity index (χ0) is 23.6. The molecular formula is C24H26N2O5S2. The van der Waals surface area contributed by atoms with Gasteiger partial charge in [0.1, 0.15) is 10.6 Å². The minimum absolute atomic E-state index is 0.0408. The Morgan fingerprint density at radius 3 is 2.55 bits per heavy atom. The smallest absolute Gasteiger partial charge is 0.341 e. The van der Waals surface area contributed by atoms with Crippen LogP contribution in [0.2, 0.25) is 0 Å². The molecule has 1 aliphatic heterocycles. The van der Waals surface area contributed by atoms with Crippen LogP contribution in [0.5, 0.6) is 0 Å². The summed E-state index contributed by atoms with van der Waals surface area (Å²) >= 11 is 1.29. The van der Waals surface area contributed by atoms with Crippen LogP contribution in [0, 0.1) is 0 Å². The minimum atomic E-state index is -3.61. The number of rotatable bonds is 6. The number of ether oxygens (including phenoxy) is 1. The first-order chi connectivity index (χ1) is 15.8. The lowest BCUT2D eigenvalue weighted by atomic mass is 10.1. The van der Waals surface area contributed by atoms with Crippen LogP contribution in [-0.4, -0.2) is 43.8 Å². The lowest BCUT2D eigenvalue weighted by Gasteiger charge is -2.32. The van der Waals surface area contributed by atoms with Gasteiger partial charge in [-0.2, -0.15) is 4.31 Å². The number of hydrogen-bond donors (Lipinski definition) is 1. The monoisotopic (exact) mass is 486 g/mol. The molecule has 0 aliphatic carbocycles. The van der Waals surface area contributed by atoms with E-state index in [1.54, 1.807) is 6.92 Å². The number of benzene rings is 2. The third-order valence-corrected chi connectivity index (χ3v) is 8.88. The quantitative estimate of drug-likeness (QED) is 0.501. The average Bonchev–Trinajstić information content (AvgIpc) is 3.17. The number of amides is 1. The first-order valence-corrected chi connectivity index (χ1v) is 13.2. The number of thiophene rings is 1. The van der Waals surface area contributed by atoms with E-state index in [9.17, 15) is 18.0 Å². The first kappa shape index (κ1) is 23.4. The molecule has 1 aromatic heterocycles. The number of piperidine rings is 1. The number of nitrogens with one attached hydrogen (secondary N) is 1. The molecule has 4 rings (SSSR count). The number of carbonyl (C=O) groups excluding carboxylic acids is 2. The van der Waals surface area contributed by atoms with Gasteiger partial charge >= 0.3 is 5.97 Å². The summed E-state index contributed by atoms with van der Waals surface area (Å²) < 4.78 is 33.6. The Labute approximate surface area is 197 Å². The maximum absolute atomic E-state index is 13.0. The van der Waals surface area contributed by atoms with E-state index in [0.29, 0.717) is 28.1 Å². The van der Waals surface area contributed by atoms with Crippen LogP contribution in [0.25, 0.3) is 10.1 Å². The summed E-state index contributed by atoms with van der Waals surface area (Å²) in [6, 6.07) is 13.2. The van der Waals surface area contributed by atoms with E-state index in [1.165, 1.54) is 39.9 Å².